The lowest BCUT2D eigenvalue weighted by molar-refractivity contribution is -0.118. The average molecular weight is 272 g/mol. The fourth-order valence-electron chi connectivity index (χ4n) is 2.23. The Morgan fingerprint density at radius 3 is 3.05 bits per heavy atom. The van der Waals surface area contributed by atoms with Crippen LogP contribution in [0, 0.1) is 0 Å². The van der Waals surface area contributed by atoms with Crippen LogP contribution in [0.3, 0.4) is 0 Å². The molecule has 2 heterocycles. The lowest BCUT2D eigenvalue weighted by Crippen LogP contribution is -2.25. The van der Waals surface area contributed by atoms with Crippen LogP contribution >= 0.6 is 0 Å². The number of anilines is 1. The van der Waals surface area contributed by atoms with E-state index in [2.05, 4.69) is 10.2 Å². The Bertz CT molecular complexity index is 650. The molecule has 0 aliphatic carbocycles. The molecule has 0 fully saturated rings. The first-order valence-corrected chi connectivity index (χ1v) is 6.47. The third kappa shape index (κ3) is 2.14. The first kappa shape index (κ1) is 12.7. The summed E-state index contributed by atoms with van der Waals surface area (Å²) >= 11 is 0. The Morgan fingerprint density at radius 2 is 2.30 bits per heavy atom. The summed E-state index contributed by atoms with van der Waals surface area (Å²) in [5.74, 6) is 0.766. The molecule has 0 radical (unpaired) electrons. The molecule has 0 unspecified atom stereocenters. The molecular formula is C14H16N4O2. The monoisotopic (exact) mass is 272 g/mol. The van der Waals surface area contributed by atoms with Crippen molar-refractivity contribution in [3.05, 3.63) is 30.0 Å². The van der Waals surface area contributed by atoms with Gasteiger partial charge in [-0.1, -0.05) is 0 Å². The quantitative estimate of drug-likeness (QED) is 0.862. The number of aromatic amines is 1. The number of benzene rings is 1. The van der Waals surface area contributed by atoms with Crippen molar-refractivity contribution in [1.29, 1.82) is 0 Å². The first-order valence-electron chi connectivity index (χ1n) is 6.47. The summed E-state index contributed by atoms with van der Waals surface area (Å²) in [6.45, 7) is 0.828. The molecule has 2 aromatic rings. The number of fused-ring (bicyclic) bond motifs is 1. The standard InChI is InChI=1S/C14H16N4O2/c1-18-12-6-9(11-7-10(8-15)16-17-11)2-3-13(12)20-5-4-14(18)19/h2-3,6-7H,4-5,8,15H2,1H3,(H,16,17). The summed E-state index contributed by atoms with van der Waals surface area (Å²) in [5.41, 5.74) is 8.93. The Labute approximate surface area is 116 Å². The van der Waals surface area contributed by atoms with E-state index >= 15 is 0 Å². The van der Waals surface area contributed by atoms with Gasteiger partial charge in [-0.25, -0.2) is 0 Å². The number of hydrogen-bond acceptors (Lipinski definition) is 4. The van der Waals surface area contributed by atoms with Gasteiger partial charge in [0.05, 0.1) is 24.4 Å². The van der Waals surface area contributed by atoms with Gasteiger partial charge >= 0.3 is 0 Å². The van der Waals surface area contributed by atoms with Crippen molar-refractivity contribution in [2.75, 3.05) is 18.6 Å². The molecule has 0 spiro atoms. The number of nitrogens with one attached hydrogen (secondary N) is 1. The van der Waals surface area contributed by atoms with Gasteiger partial charge in [-0.15, -0.1) is 0 Å². The Morgan fingerprint density at radius 1 is 1.45 bits per heavy atom. The molecule has 0 saturated carbocycles. The number of nitrogens with two attached hydrogens (primary N) is 1. The number of rotatable bonds is 2. The van der Waals surface area contributed by atoms with Crippen LogP contribution in [0.15, 0.2) is 24.3 Å². The minimum absolute atomic E-state index is 0.0468. The molecule has 3 N–H and O–H groups in total. The number of carbonyl (C=O) groups is 1. The lowest BCUT2D eigenvalue weighted by atomic mass is 10.1. The van der Waals surface area contributed by atoms with Gasteiger partial charge in [0.2, 0.25) is 5.91 Å². The van der Waals surface area contributed by atoms with Crippen molar-refractivity contribution >= 4 is 11.6 Å². The molecule has 104 valence electrons. The van der Waals surface area contributed by atoms with Gasteiger partial charge in [0, 0.05) is 24.8 Å². The third-order valence-electron chi connectivity index (χ3n) is 3.41. The van der Waals surface area contributed by atoms with Gasteiger partial charge in [0.1, 0.15) is 5.75 Å². The summed E-state index contributed by atoms with van der Waals surface area (Å²) < 4.78 is 5.60. The van der Waals surface area contributed by atoms with E-state index in [1.165, 1.54) is 0 Å². The molecule has 0 bridgehead atoms. The van der Waals surface area contributed by atoms with Crippen LogP contribution in [-0.2, 0) is 11.3 Å². The predicted molar refractivity (Wildman–Crippen MR) is 75.4 cm³/mol. The zero-order valence-electron chi connectivity index (χ0n) is 11.2. The molecule has 1 aromatic heterocycles. The molecule has 0 atom stereocenters. The van der Waals surface area contributed by atoms with Crippen LogP contribution < -0.4 is 15.4 Å². The maximum Gasteiger partial charge on any atom is 0.230 e. The summed E-state index contributed by atoms with van der Waals surface area (Å²) in [4.78, 5) is 13.5. The molecule has 6 heteroatoms. The van der Waals surface area contributed by atoms with Crippen LogP contribution in [0.1, 0.15) is 12.1 Å². The average Bonchev–Trinajstić information content (AvgIpc) is 2.90. The summed E-state index contributed by atoms with van der Waals surface area (Å²) in [7, 11) is 1.76. The van der Waals surface area contributed by atoms with E-state index in [0.717, 1.165) is 28.4 Å². The van der Waals surface area contributed by atoms with Crippen molar-refractivity contribution in [2.24, 2.45) is 5.73 Å². The summed E-state index contributed by atoms with van der Waals surface area (Å²) in [6, 6.07) is 7.62. The second-order valence-corrected chi connectivity index (χ2v) is 4.72. The van der Waals surface area contributed by atoms with Crippen molar-refractivity contribution in [2.45, 2.75) is 13.0 Å². The van der Waals surface area contributed by atoms with Crippen molar-refractivity contribution in [3.8, 4) is 17.0 Å². The van der Waals surface area contributed by atoms with E-state index < -0.39 is 0 Å². The van der Waals surface area contributed by atoms with Crippen molar-refractivity contribution in [3.63, 3.8) is 0 Å². The topological polar surface area (TPSA) is 84.2 Å². The number of hydrogen-bond donors (Lipinski definition) is 2. The van der Waals surface area contributed by atoms with E-state index in [1.54, 1.807) is 11.9 Å². The maximum atomic E-state index is 11.9. The highest BCUT2D eigenvalue weighted by atomic mass is 16.5. The van der Waals surface area contributed by atoms with Gasteiger partial charge in [-0.05, 0) is 24.3 Å². The molecule has 20 heavy (non-hydrogen) atoms. The highest BCUT2D eigenvalue weighted by Crippen LogP contribution is 2.34. The van der Waals surface area contributed by atoms with Gasteiger partial charge in [-0.3, -0.25) is 9.89 Å². The number of carbonyl (C=O) groups excluding carboxylic acids is 1. The smallest absolute Gasteiger partial charge is 0.230 e. The van der Waals surface area contributed by atoms with E-state index in [4.69, 9.17) is 10.5 Å². The number of ether oxygens (including phenoxy) is 1. The highest BCUT2D eigenvalue weighted by molar-refractivity contribution is 5.95. The van der Waals surface area contributed by atoms with Crippen LogP contribution in [0.25, 0.3) is 11.3 Å². The number of H-pyrrole nitrogens is 1. The minimum Gasteiger partial charge on any atom is -0.491 e. The van der Waals surface area contributed by atoms with Crippen molar-refractivity contribution < 1.29 is 9.53 Å². The van der Waals surface area contributed by atoms with Gasteiger partial charge < -0.3 is 15.4 Å². The Hall–Kier alpha value is -2.34. The fraction of sp³-hybridized carbons (Fsp3) is 0.286. The van der Waals surface area contributed by atoms with Crippen molar-refractivity contribution in [1.82, 2.24) is 10.2 Å². The molecule has 3 rings (SSSR count). The minimum atomic E-state index is 0.0468. The third-order valence-corrected chi connectivity index (χ3v) is 3.41. The van der Waals surface area contributed by atoms with E-state index in [0.29, 0.717) is 19.6 Å². The second-order valence-electron chi connectivity index (χ2n) is 4.72. The molecule has 1 aliphatic rings. The van der Waals surface area contributed by atoms with E-state index in [-0.39, 0.29) is 5.91 Å². The Kier molecular flexibility index (Phi) is 3.15. The summed E-state index contributed by atoms with van der Waals surface area (Å²) in [5, 5.41) is 7.10. The van der Waals surface area contributed by atoms with Crippen LogP contribution in [-0.4, -0.2) is 29.8 Å². The first-order chi connectivity index (χ1) is 9.69. The highest BCUT2D eigenvalue weighted by Gasteiger charge is 2.20. The van der Waals surface area contributed by atoms with Gasteiger partial charge in [-0.2, -0.15) is 5.10 Å². The lowest BCUT2D eigenvalue weighted by Gasteiger charge is -2.16. The van der Waals surface area contributed by atoms with E-state index in [9.17, 15) is 4.79 Å². The number of nitrogens with zero attached hydrogens (tertiary/aromatic N) is 2. The molecular weight excluding hydrogens is 256 g/mol. The van der Waals surface area contributed by atoms with E-state index in [1.807, 2.05) is 24.3 Å². The number of amides is 1. The fourth-order valence-corrected chi connectivity index (χ4v) is 2.23. The van der Waals surface area contributed by atoms with Crippen LogP contribution in [0.2, 0.25) is 0 Å². The predicted octanol–water partition coefficient (Wildman–Crippen LogP) is 1.28. The van der Waals surface area contributed by atoms with Gasteiger partial charge in [0.25, 0.3) is 0 Å². The molecule has 1 aromatic carbocycles. The molecule has 1 aliphatic heterocycles. The second kappa shape index (κ2) is 4.97. The molecule has 0 saturated heterocycles. The molecule has 6 nitrogen and oxygen atoms in total. The maximum absolute atomic E-state index is 11.9. The zero-order chi connectivity index (χ0) is 14.1. The van der Waals surface area contributed by atoms with Crippen LogP contribution in [0.5, 0.6) is 5.75 Å². The summed E-state index contributed by atoms with van der Waals surface area (Å²) in [6.07, 6.45) is 0.389. The Balaban J connectivity index is 2.03. The zero-order valence-corrected chi connectivity index (χ0v) is 11.2. The largest absolute Gasteiger partial charge is 0.491 e. The van der Waals surface area contributed by atoms with Crippen LogP contribution in [0.4, 0.5) is 5.69 Å². The number of aromatic nitrogens is 2. The van der Waals surface area contributed by atoms with Gasteiger partial charge in [0.15, 0.2) is 0 Å². The SMILES string of the molecule is CN1C(=O)CCOc2ccc(-c3cc(CN)[nH]n3)cc21. The molecule has 1 amide bonds. The normalized spacial score (nSPS) is 14.7.